The van der Waals surface area contributed by atoms with Crippen LogP contribution in [0.15, 0.2) is 12.7 Å². The highest BCUT2D eigenvalue weighted by Gasteiger charge is 2.48. The maximum atomic E-state index is 12.6. The predicted molar refractivity (Wildman–Crippen MR) is 40.1 cm³/mol. The molecule has 1 fully saturated rings. The van der Waals surface area contributed by atoms with Crippen LogP contribution in [0.5, 0.6) is 0 Å². The van der Waals surface area contributed by atoms with Gasteiger partial charge in [0.1, 0.15) is 12.0 Å². The van der Waals surface area contributed by atoms with Crippen LogP contribution in [0.1, 0.15) is 6.92 Å². The second-order valence-corrected chi connectivity index (χ2v) is 2.76. The molecule has 3 atom stereocenters. The molecule has 0 bridgehead atoms. The molecule has 0 N–H and O–H groups in total. The Labute approximate surface area is 74.3 Å². The molecule has 0 aromatic rings. The van der Waals surface area contributed by atoms with E-state index in [1.165, 1.54) is 6.92 Å². The Hall–Kier alpha value is -0.970. The molecule has 0 aromatic carbocycles. The first-order chi connectivity index (χ1) is 6.06. The van der Waals surface area contributed by atoms with Crippen molar-refractivity contribution < 1.29 is 23.0 Å². The van der Waals surface area contributed by atoms with Crippen molar-refractivity contribution in [3.63, 3.8) is 0 Å². The molecule has 0 amide bonds. The van der Waals surface area contributed by atoms with Crippen LogP contribution >= 0.6 is 0 Å². The maximum absolute atomic E-state index is 12.6. The zero-order valence-electron chi connectivity index (χ0n) is 7.07. The van der Waals surface area contributed by atoms with E-state index in [9.17, 15) is 13.6 Å². The lowest BCUT2D eigenvalue weighted by Gasteiger charge is -2.37. The lowest BCUT2D eigenvalue weighted by atomic mass is 9.99. The molecular formula is C8H10F2O3. The van der Waals surface area contributed by atoms with Crippen LogP contribution in [0.2, 0.25) is 0 Å². The third-order valence-electron chi connectivity index (χ3n) is 1.88. The molecule has 3 nitrogen and oxygen atoms in total. The van der Waals surface area contributed by atoms with Gasteiger partial charge in [-0.15, -0.1) is 0 Å². The number of carbonyl (C=O) groups is 1. The summed E-state index contributed by atoms with van der Waals surface area (Å²) in [5, 5.41) is 0. The molecule has 0 radical (unpaired) electrons. The van der Waals surface area contributed by atoms with Gasteiger partial charge in [0.05, 0.1) is 0 Å². The predicted octanol–water partition coefficient (Wildman–Crippen LogP) is 1.34. The Morgan fingerprint density at radius 1 is 1.62 bits per heavy atom. The summed E-state index contributed by atoms with van der Waals surface area (Å²) >= 11 is 0. The van der Waals surface area contributed by atoms with E-state index in [1.807, 2.05) is 0 Å². The highest BCUT2D eigenvalue weighted by Crippen LogP contribution is 2.34. The zero-order chi connectivity index (χ0) is 10.0. The van der Waals surface area contributed by atoms with Crippen LogP contribution in [0.25, 0.3) is 0 Å². The van der Waals surface area contributed by atoms with Crippen molar-refractivity contribution in [2.75, 3.05) is 0 Å². The van der Waals surface area contributed by atoms with Crippen LogP contribution in [0.4, 0.5) is 8.78 Å². The number of rotatable bonds is 3. The van der Waals surface area contributed by atoms with Gasteiger partial charge in [-0.05, 0) is 6.92 Å². The molecule has 1 heterocycles. The lowest BCUT2D eigenvalue weighted by Crippen LogP contribution is -2.50. The Kier molecular flexibility index (Phi) is 2.98. The van der Waals surface area contributed by atoms with Crippen molar-refractivity contribution in [2.24, 2.45) is 5.92 Å². The van der Waals surface area contributed by atoms with E-state index in [0.29, 0.717) is 0 Å². The van der Waals surface area contributed by atoms with Crippen LogP contribution in [-0.2, 0) is 14.3 Å². The summed E-state index contributed by atoms with van der Waals surface area (Å²) < 4.78 is 33.8. The minimum Gasteiger partial charge on any atom is -0.459 e. The van der Waals surface area contributed by atoms with Gasteiger partial charge in [-0.1, -0.05) is 6.58 Å². The average Bonchev–Trinajstić information content (AvgIpc) is 2.03. The monoisotopic (exact) mass is 192 g/mol. The molecule has 1 rings (SSSR count). The van der Waals surface area contributed by atoms with Crippen LogP contribution < -0.4 is 0 Å². The van der Waals surface area contributed by atoms with Gasteiger partial charge in [-0.2, -0.15) is 0 Å². The number of carbonyl (C=O) groups excluding carboxylic acids is 1. The van der Waals surface area contributed by atoms with Crippen LogP contribution in [0, 0.1) is 5.92 Å². The Morgan fingerprint density at radius 3 is 2.54 bits per heavy atom. The number of esters is 1. The molecule has 0 aliphatic carbocycles. The number of alkyl halides is 2. The molecule has 0 spiro atoms. The quantitative estimate of drug-likeness (QED) is 0.500. The molecule has 3 unspecified atom stereocenters. The smallest absolute Gasteiger partial charge is 0.330 e. The molecule has 1 saturated heterocycles. The van der Waals surface area contributed by atoms with Crippen molar-refractivity contribution in [1.82, 2.24) is 0 Å². The van der Waals surface area contributed by atoms with Gasteiger partial charge < -0.3 is 9.47 Å². The van der Waals surface area contributed by atoms with Gasteiger partial charge in [0.25, 0.3) is 0 Å². The van der Waals surface area contributed by atoms with Gasteiger partial charge in [-0.25, -0.2) is 13.6 Å². The van der Waals surface area contributed by atoms with E-state index in [2.05, 4.69) is 16.1 Å². The fourth-order valence-corrected chi connectivity index (χ4v) is 1.07. The first kappa shape index (κ1) is 10.1. The minimum atomic E-state index is -1.69. The standard InChI is InChI=1S/C8H10F2O3/c1-3-5(11)12-4(2)6-7(9)13-8(6)10/h3-4,6-8H,1H2,2H3. The molecule has 13 heavy (non-hydrogen) atoms. The van der Waals surface area contributed by atoms with Gasteiger partial charge in [-0.3, -0.25) is 0 Å². The van der Waals surface area contributed by atoms with Gasteiger partial charge in [0, 0.05) is 6.08 Å². The van der Waals surface area contributed by atoms with Crippen molar-refractivity contribution >= 4 is 5.97 Å². The molecule has 74 valence electrons. The maximum Gasteiger partial charge on any atom is 0.330 e. The summed E-state index contributed by atoms with van der Waals surface area (Å²) in [5.41, 5.74) is 0. The molecule has 5 heteroatoms. The second kappa shape index (κ2) is 3.83. The topological polar surface area (TPSA) is 35.5 Å². The first-order valence-electron chi connectivity index (χ1n) is 3.83. The van der Waals surface area contributed by atoms with Crippen molar-refractivity contribution in [1.29, 1.82) is 0 Å². The third kappa shape index (κ3) is 2.03. The third-order valence-corrected chi connectivity index (χ3v) is 1.88. The van der Waals surface area contributed by atoms with Crippen molar-refractivity contribution in [2.45, 2.75) is 25.7 Å². The van der Waals surface area contributed by atoms with E-state index >= 15 is 0 Å². The zero-order valence-corrected chi connectivity index (χ0v) is 7.07. The number of hydrogen-bond acceptors (Lipinski definition) is 3. The summed E-state index contributed by atoms with van der Waals surface area (Å²) in [7, 11) is 0. The summed E-state index contributed by atoms with van der Waals surface area (Å²) in [6, 6.07) is 0. The lowest BCUT2D eigenvalue weighted by molar-refractivity contribution is -0.313. The average molecular weight is 192 g/mol. The fourth-order valence-electron chi connectivity index (χ4n) is 1.07. The van der Waals surface area contributed by atoms with Gasteiger partial charge in [0.15, 0.2) is 0 Å². The molecule has 0 aromatic heterocycles. The normalized spacial score (nSPS) is 34.5. The fraction of sp³-hybridized carbons (Fsp3) is 0.625. The SMILES string of the molecule is C=CC(=O)OC(C)C1C(F)OC1F. The molecular weight excluding hydrogens is 182 g/mol. The minimum absolute atomic E-state index is 0.696. The van der Waals surface area contributed by atoms with Crippen LogP contribution in [-0.4, -0.2) is 24.8 Å². The summed E-state index contributed by atoms with van der Waals surface area (Å²) in [5.74, 6) is -1.72. The number of halogens is 2. The molecule has 0 saturated carbocycles. The van der Waals surface area contributed by atoms with E-state index in [-0.39, 0.29) is 0 Å². The summed E-state index contributed by atoms with van der Waals surface area (Å²) in [6.07, 6.45) is -3.29. The Balaban J connectivity index is 2.42. The summed E-state index contributed by atoms with van der Waals surface area (Å²) in [6.45, 7) is 4.57. The second-order valence-electron chi connectivity index (χ2n) is 2.76. The van der Waals surface area contributed by atoms with Crippen molar-refractivity contribution in [3.8, 4) is 0 Å². The first-order valence-corrected chi connectivity index (χ1v) is 3.83. The van der Waals surface area contributed by atoms with E-state index in [4.69, 9.17) is 0 Å². The largest absolute Gasteiger partial charge is 0.459 e. The van der Waals surface area contributed by atoms with E-state index in [0.717, 1.165) is 6.08 Å². The highest BCUT2D eigenvalue weighted by atomic mass is 19.2. The highest BCUT2D eigenvalue weighted by molar-refractivity contribution is 5.81. The summed E-state index contributed by atoms with van der Waals surface area (Å²) in [4.78, 5) is 10.7. The van der Waals surface area contributed by atoms with Gasteiger partial charge in [0.2, 0.25) is 12.7 Å². The van der Waals surface area contributed by atoms with Crippen molar-refractivity contribution in [3.05, 3.63) is 12.7 Å². The van der Waals surface area contributed by atoms with Crippen LogP contribution in [0.3, 0.4) is 0 Å². The van der Waals surface area contributed by atoms with E-state index < -0.39 is 30.7 Å². The Bertz CT molecular complexity index is 211. The number of hydrogen-bond donors (Lipinski definition) is 0. The Morgan fingerprint density at radius 2 is 2.15 bits per heavy atom. The molecule has 1 aliphatic rings. The van der Waals surface area contributed by atoms with Gasteiger partial charge >= 0.3 is 5.97 Å². The number of ether oxygens (including phenoxy) is 2. The molecule has 1 aliphatic heterocycles. The van der Waals surface area contributed by atoms with E-state index in [1.54, 1.807) is 0 Å².